The molecule has 2 rings (SSSR count). The number of nitrogens with zero attached hydrogens (tertiary/aromatic N) is 1. The fourth-order valence-corrected chi connectivity index (χ4v) is 2.63. The lowest BCUT2D eigenvalue weighted by Crippen LogP contribution is -2.24. The van der Waals surface area contributed by atoms with Crippen molar-refractivity contribution in [1.29, 1.82) is 0 Å². The SMILES string of the molecule is CCOc1ccc(CN2CCC(CNC)C2)cc1. The summed E-state index contributed by atoms with van der Waals surface area (Å²) < 4.78 is 5.46. The predicted molar refractivity (Wildman–Crippen MR) is 74.9 cm³/mol. The standard InChI is InChI=1S/C15H24N2O/c1-3-18-15-6-4-13(5-7-15)11-17-9-8-14(12-17)10-16-2/h4-7,14,16H,3,8-12H2,1-2H3. The van der Waals surface area contributed by atoms with Gasteiger partial charge in [-0.25, -0.2) is 0 Å². The maximum absolute atomic E-state index is 5.46. The third-order valence-electron chi connectivity index (χ3n) is 3.50. The number of nitrogens with one attached hydrogen (secondary N) is 1. The number of benzene rings is 1. The second kappa shape index (κ2) is 6.76. The lowest BCUT2D eigenvalue weighted by Gasteiger charge is -2.16. The molecular weight excluding hydrogens is 224 g/mol. The summed E-state index contributed by atoms with van der Waals surface area (Å²) in [7, 11) is 2.04. The molecule has 1 aromatic rings. The molecule has 0 spiro atoms. The lowest BCUT2D eigenvalue weighted by molar-refractivity contribution is 0.314. The molecule has 0 radical (unpaired) electrons. The molecule has 3 heteroatoms. The molecular formula is C15H24N2O. The minimum absolute atomic E-state index is 0.733. The Labute approximate surface area is 110 Å². The van der Waals surface area contributed by atoms with Crippen LogP contribution in [0.25, 0.3) is 0 Å². The van der Waals surface area contributed by atoms with E-state index in [0.29, 0.717) is 0 Å². The molecule has 0 saturated carbocycles. The molecule has 1 aliphatic rings. The number of likely N-dealkylation sites (tertiary alicyclic amines) is 1. The van der Waals surface area contributed by atoms with Crippen molar-refractivity contribution in [2.45, 2.75) is 19.9 Å². The molecule has 1 saturated heterocycles. The first-order valence-electron chi connectivity index (χ1n) is 6.90. The highest BCUT2D eigenvalue weighted by atomic mass is 16.5. The van der Waals surface area contributed by atoms with Crippen LogP contribution in [0.4, 0.5) is 0 Å². The van der Waals surface area contributed by atoms with Crippen LogP contribution >= 0.6 is 0 Å². The summed E-state index contributed by atoms with van der Waals surface area (Å²) in [5, 5.41) is 3.27. The van der Waals surface area contributed by atoms with Gasteiger partial charge < -0.3 is 10.1 Å². The zero-order chi connectivity index (χ0) is 12.8. The van der Waals surface area contributed by atoms with E-state index < -0.39 is 0 Å². The van der Waals surface area contributed by atoms with Crippen molar-refractivity contribution in [3.05, 3.63) is 29.8 Å². The van der Waals surface area contributed by atoms with E-state index in [1.165, 1.54) is 25.1 Å². The van der Waals surface area contributed by atoms with E-state index in [4.69, 9.17) is 4.74 Å². The minimum atomic E-state index is 0.733. The second-order valence-electron chi connectivity index (χ2n) is 5.02. The molecule has 0 aliphatic carbocycles. The van der Waals surface area contributed by atoms with Crippen LogP contribution in [0, 0.1) is 5.92 Å². The maximum Gasteiger partial charge on any atom is 0.119 e. The van der Waals surface area contributed by atoms with E-state index >= 15 is 0 Å². The summed E-state index contributed by atoms with van der Waals surface area (Å²) in [5.74, 6) is 1.79. The Kier molecular flexibility index (Phi) is 5.02. The van der Waals surface area contributed by atoms with Gasteiger partial charge in [-0.3, -0.25) is 4.90 Å². The van der Waals surface area contributed by atoms with E-state index in [0.717, 1.165) is 31.4 Å². The van der Waals surface area contributed by atoms with Gasteiger partial charge in [-0.2, -0.15) is 0 Å². The zero-order valence-corrected chi connectivity index (χ0v) is 11.5. The normalized spacial score (nSPS) is 20.2. The van der Waals surface area contributed by atoms with E-state index in [-0.39, 0.29) is 0 Å². The minimum Gasteiger partial charge on any atom is -0.494 e. The third kappa shape index (κ3) is 3.72. The van der Waals surface area contributed by atoms with Gasteiger partial charge in [-0.1, -0.05) is 12.1 Å². The van der Waals surface area contributed by atoms with Crippen molar-refractivity contribution in [2.75, 3.05) is 33.3 Å². The molecule has 0 aromatic heterocycles. The monoisotopic (exact) mass is 248 g/mol. The van der Waals surface area contributed by atoms with Gasteiger partial charge in [0.1, 0.15) is 5.75 Å². The van der Waals surface area contributed by atoms with Gasteiger partial charge in [0.05, 0.1) is 6.61 Å². The smallest absolute Gasteiger partial charge is 0.119 e. The molecule has 1 fully saturated rings. The van der Waals surface area contributed by atoms with Gasteiger partial charge in [0.15, 0.2) is 0 Å². The Morgan fingerprint density at radius 1 is 1.33 bits per heavy atom. The highest BCUT2D eigenvalue weighted by Crippen LogP contribution is 2.19. The van der Waals surface area contributed by atoms with Crippen LogP contribution in [0.3, 0.4) is 0 Å². The number of hydrogen-bond acceptors (Lipinski definition) is 3. The molecule has 0 amide bonds. The second-order valence-corrected chi connectivity index (χ2v) is 5.02. The maximum atomic E-state index is 5.46. The Balaban J connectivity index is 1.82. The summed E-state index contributed by atoms with van der Waals surface area (Å²) >= 11 is 0. The topological polar surface area (TPSA) is 24.5 Å². The molecule has 1 aliphatic heterocycles. The summed E-state index contributed by atoms with van der Waals surface area (Å²) in [4.78, 5) is 2.54. The molecule has 1 aromatic carbocycles. The lowest BCUT2D eigenvalue weighted by atomic mass is 10.1. The third-order valence-corrected chi connectivity index (χ3v) is 3.50. The van der Waals surface area contributed by atoms with Crippen LogP contribution in [0.2, 0.25) is 0 Å². The summed E-state index contributed by atoms with van der Waals surface area (Å²) in [6, 6.07) is 8.49. The van der Waals surface area contributed by atoms with Gasteiger partial charge in [-0.05, 0) is 57.1 Å². The predicted octanol–water partition coefficient (Wildman–Crippen LogP) is 2.13. The van der Waals surface area contributed by atoms with Crippen molar-refractivity contribution < 1.29 is 4.74 Å². The average Bonchev–Trinajstić information content (AvgIpc) is 2.80. The van der Waals surface area contributed by atoms with Gasteiger partial charge >= 0.3 is 0 Å². The van der Waals surface area contributed by atoms with Crippen molar-refractivity contribution >= 4 is 0 Å². The van der Waals surface area contributed by atoms with Crippen LogP contribution < -0.4 is 10.1 Å². The van der Waals surface area contributed by atoms with E-state index in [9.17, 15) is 0 Å². The molecule has 1 unspecified atom stereocenters. The van der Waals surface area contributed by atoms with Crippen LogP contribution in [0.15, 0.2) is 24.3 Å². The summed E-state index contributed by atoms with van der Waals surface area (Å²) in [5.41, 5.74) is 1.38. The summed E-state index contributed by atoms with van der Waals surface area (Å²) in [6.45, 7) is 7.39. The molecule has 18 heavy (non-hydrogen) atoms. The first-order chi connectivity index (χ1) is 8.81. The molecule has 1 N–H and O–H groups in total. The molecule has 1 atom stereocenters. The van der Waals surface area contributed by atoms with Gasteiger partial charge in [0.2, 0.25) is 0 Å². The quantitative estimate of drug-likeness (QED) is 0.834. The van der Waals surface area contributed by atoms with Crippen molar-refractivity contribution in [3.8, 4) is 5.75 Å². The van der Waals surface area contributed by atoms with Crippen LogP contribution in [0.5, 0.6) is 5.75 Å². The largest absolute Gasteiger partial charge is 0.494 e. The fraction of sp³-hybridized carbons (Fsp3) is 0.600. The average molecular weight is 248 g/mol. The zero-order valence-electron chi connectivity index (χ0n) is 11.5. The molecule has 3 nitrogen and oxygen atoms in total. The number of rotatable bonds is 6. The summed E-state index contributed by atoms with van der Waals surface area (Å²) in [6.07, 6.45) is 1.32. The first-order valence-corrected chi connectivity index (χ1v) is 6.90. The molecule has 0 bridgehead atoms. The highest BCUT2D eigenvalue weighted by Gasteiger charge is 2.21. The fourth-order valence-electron chi connectivity index (χ4n) is 2.63. The van der Waals surface area contributed by atoms with E-state index in [1.807, 2.05) is 14.0 Å². The van der Waals surface area contributed by atoms with Crippen molar-refractivity contribution in [2.24, 2.45) is 5.92 Å². The van der Waals surface area contributed by atoms with Crippen LogP contribution in [0.1, 0.15) is 18.9 Å². The van der Waals surface area contributed by atoms with Gasteiger partial charge in [0, 0.05) is 13.1 Å². The van der Waals surface area contributed by atoms with E-state index in [1.54, 1.807) is 0 Å². The Bertz CT molecular complexity index is 350. The van der Waals surface area contributed by atoms with Crippen LogP contribution in [-0.2, 0) is 6.54 Å². The Morgan fingerprint density at radius 3 is 2.78 bits per heavy atom. The van der Waals surface area contributed by atoms with Gasteiger partial charge in [0.25, 0.3) is 0 Å². The molecule has 1 heterocycles. The van der Waals surface area contributed by atoms with Gasteiger partial charge in [-0.15, -0.1) is 0 Å². The molecule has 100 valence electrons. The Morgan fingerprint density at radius 2 is 2.11 bits per heavy atom. The number of ether oxygens (including phenoxy) is 1. The van der Waals surface area contributed by atoms with Crippen molar-refractivity contribution in [3.63, 3.8) is 0 Å². The van der Waals surface area contributed by atoms with Crippen molar-refractivity contribution in [1.82, 2.24) is 10.2 Å². The first kappa shape index (κ1) is 13.4. The highest BCUT2D eigenvalue weighted by molar-refractivity contribution is 5.27. The Hall–Kier alpha value is -1.06. The van der Waals surface area contributed by atoms with E-state index in [2.05, 4.69) is 34.5 Å². The number of hydrogen-bond donors (Lipinski definition) is 1. The van der Waals surface area contributed by atoms with Crippen LogP contribution in [-0.4, -0.2) is 38.2 Å².